The maximum atomic E-state index is 12.1. The van der Waals surface area contributed by atoms with Gasteiger partial charge in [-0.15, -0.1) is 13.2 Å². The van der Waals surface area contributed by atoms with Crippen molar-refractivity contribution in [3.8, 4) is 5.75 Å². The largest absolute Gasteiger partial charge is 0.573 e. The monoisotopic (exact) mass is 366 g/mol. The van der Waals surface area contributed by atoms with Crippen LogP contribution < -0.4 is 15.4 Å². The first-order valence-electron chi connectivity index (χ1n) is 7.79. The van der Waals surface area contributed by atoms with E-state index in [1.165, 1.54) is 12.1 Å². The average molecular weight is 366 g/mol. The van der Waals surface area contributed by atoms with Crippen LogP contribution in [0.2, 0.25) is 0 Å². The summed E-state index contributed by atoms with van der Waals surface area (Å²) in [5.41, 5.74) is 1.59. The molecule has 8 heteroatoms. The fraction of sp³-hybridized carbons (Fsp3) is 0.222. The Hall–Kier alpha value is -3.03. The Bertz CT molecular complexity index is 774. The molecule has 2 aromatic rings. The van der Waals surface area contributed by atoms with Gasteiger partial charge in [0.25, 0.3) is 0 Å². The van der Waals surface area contributed by atoms with E-state index in [-0.39, 0.29) is 24.0 Å². The molecule has 2 rings (SSSR count). The number of nitrogens with one attached hydrogen (secondary N) is 2. The second-order valence-electron chi connectivity index (χ2n) is 5.40. The summed E-state index contributed by atoms with van der Waals surface area (Å²) in [6.07, 6.45) is -4.43. The molecule has 5 nitrogen and oxygen atoms in total. The number of ether oxygens (including phenoxy) is 1. The zero-order valence-corrected chi connectivity index (χ0v) is 13.9. The number of benzene rings is 2. The molecule has 0 fully saturated rings. The summed E-state index contributed by atoms with van der Waals surface area (Å²) >= 11 is 0. The Labute approximate surface area is 148 Å². The lowest BCUT2D eigenvalue weighted by Crippen LogP contribution is -2.17. The third-order valence-electron chi connectivity index (χ3n) is 3.27. The Kier molecular flexibility index (Phi) is 6.21. The smallest absolute Gasteiger partial charge is 0.406 e. The lowest BCUT2D eigenvalue weighted by molar-refractivity contribution is -0.274. The zero-order valence-electron chi connectivity index (χ0n) is 13.9. The van der Waals surface area contributed by atoms with E-state index in [0.717, 1.165) is 12.1 Å². The van der Waals surface area contributed by atoms with Crippen LogP contribution in [0.5, 0.6) is 5.75 Å². The molecule has 0 heterocycles. The third-order valence-corrected chi connectivity index (χ3v) is 3.27. The van der Waals surface area contributed by atoms with Crippen LogP contribution in [0.15, 0.2) is 48.5 Å². The van der Waals surface area contributed by atoms with Crippen molar-refractivity contribution in [3.05, 3.63) is 54.1 Å². The van der Waals surface area contributed by atoms with Gasteiger partial charge in [-0.25, -0.2) is 0 Å². The molecule has 0 radical (unpaired) electrons. The van der Waals surface area contributed by atoms with Gasteiger partial charge in [0.05, 0.1) is 6.42 Å². The van der Waals surface area contributed by atoms with Gasteiger partial charge in [-0.1, -0.05) is 25.1 Å². The number of rotatable bonds is 6. The second kappa shape index (κ2) is 8.37. The van der Waals surface area contributed by atoms with Crippen molar-refractivity contribution in [3.63, 3.8) is 0 Å². The molecule has 26 heavy (non-hydrogen) atoms. The van der Waals surface area contributed by atoms with Gasteiger partial charge in [-0.3, -0.25) is 9.59 Å². The minimum absolute atomic E-state index is 0.0160. The molecule has 0 saturated carbocycles. The fourth-order valence-electron chi connectivity index (χ4n) is 2.12. The minimum Gasteiger partial charge on any atom is -0.406 e. The minimum atomic E-state index is -4.75. The van der Waals surface area contributed by atoms with Crippen LogP contribution in [0.25, 0.3) is 0 Å². The Morgan fingerprint density at radius 2 is 1.54 bits per heavy atom. The van der Waals surface area contributed by atoms with Crippen molar-refractivity contribution in [2.45, 2.75) is 26.1 Å². The highest BCUT2D eigenvalue weighted by Crippen LogP contribution is 2.23. The number of halogens is 3. The Balaban J connectivity index is 1.94. The predicted molar refractivity (Wildman–Crippen MR) is 90.8 cm³/mol. The Morgan fingerprint density at radius 3 is 2.08 bits per heavy atom. The van der Waals surface area contributed by atoms with E-state index in [9.17, 15) is 22.8 Å². The molecule has 2 aromatic carbocycles. The highest BCUT2D eigenvalue weighted by atomic mass is 19.4. The first-order chi connectivity index (χ1) is 12.2. The van der Waals surface area contributed by atoms with Crippen LogP contribution >= 0.6 is 0 Å². The fourth-order valence-corrected chi connectivity index (χ4v) is 2.12. The maximum Gasteiger partial charge on any atom is 0.573 e. The summed E-state index contributed by atoms with van der Waals surface area (Å²) in [6, 6.07) is 11.7. The van der Waals surface area contributed by atoms with Crippen molar-refractivity contribution in [1.29, 1.82) is 0 Å². The molecular weight excluding hydrogens is 349 g/mol. The first kappa shape index (κ1) is 19.3. The van der Waals surface area contributed by atoms with Gasteiger partial charge >= 0.3 is 6.36 Å². The number of alkyl halides is 3. The maximum absolute atomic E-state index is 12.1. The lowest BCUT2D eigenvalue weighted by atomic mass is 10.1. The summed E-state index contributed by atoms with van der Waals surface area (Å²) < 4.78 is 40.1. The van der Waals surface area contributed by atoms with E-state index in [1.54, 1.807) is 31.2 Å². The molecule has 2 N–H and O–H groups in total. The van der Waals surface area contributed by atoms with Gasteiger partial charge in [-0.2, -0.15) is 0 Å². The van der Waals surface area contributed by atoms with E-state index >= 15 is 0 Å². The number of carbonyl (C=O) groups excluding carboxylic acids is 2. The van der Waals surface area contributed by atoms with E-state index in [2.05, 4.69) is 15.4 Å². The lowest BCUT2D eigenvalue weighted by Gasteiger charge is -2.10. The number of hydrogen-bond donors (Lipinski definition) is 2. The van der Waals surface area contributed by atoms with Gasteiger partial charge in [-0.05, 0) is 35.9 Å². The van der Waals surface area contributed by atoms with Gasteiger partial charge in [0.15, 0.2) is 0 Å². The topological polar surface area (TPSA) is 67.4 Å². The molecule has 0 spiro atoms. The van der Waals surface area contributed by atoms with Crippen LogP contribution in [0.3, 0.4) is 0 Å². The number of amides is 2. The second-order valence-corrected chi connectivity index (χ2v) is 5.40. The van der Waals surface area contributed by atoms with Crippen molar-refractivity contribution in [2.24, 2.45) is 0 Å². The van der Waals surface area contributed by atoms with Gasteiger partial charge < -0.3 is 15.4 Å². The summed E-state index contributed by atoms with van der Waals surface area (Å²) in [4.78, 5) is 23.5. The normalized spacial score (nSPS) is 10.9. The predicted octanol–water partition coefficient (Wildman–Crippen LogP) is 4.11. The summed E-state index contributed by atoms with van der Waals surface area (Å²) in [7, 11) is 0. The molecule has 0 aliphatic carbocycles. The van der Waals surface area contributed by atoms with Gasteiger partial charge in [0.1, 0.15) is 5.75 Å². The molecule has 0 unspecified atom stereocenters. The Morgan fingerprint density at radius 1 is 0.962 bits per heavy atom. The molecule has 0 atom stereocenters. The molecule has 2 amide bonds. The van der Waals surface area contributed by atoms with Crippen LogP contribution in [0.1, 0.15) is 18.9 Å². The van der Waals surface area contributed by atoms with Crippen molar-refractivity contribution >= 4 is 23.2 Å². The van der Waals surface area contributed by atoms with E-state index < -0.39 is 6.36 Å². The number of hydrogen-bond acceptors (Lipinski definition) is 3. The zero-order chi connectivity index (χ0) is 19.2. The van der Waals surface area contributed by atoms with Crippen molar-refractivity contribution in [2.75, 3.05) is 10.6 Å². The van der Waals surface area contributed by atoms with Crippen LogP contribution in [0.4, 0.5) is 24.5 Å². The highest BCUT2D eigenvalue weighted by molar-refractivity contribution is 5.94. The molecule has 138 valence electrons. The van der Waals surface area contributed by atoms with E-state index in [0.29, 0.717) is 23.4 Å². The average Bonchev–Trinajstić information content (AvgIpc) is 2.55. The molecule has 0 aliphatic rings. The highest BCUT2D eigenvalue weighted by Gasteiger charge is 2.30. The van der Waals surface area contributed by atoms with Crippen LogP contribution in [0, 0.1) is 0 Å². The third kappa shape index (κ3) is 6.46. The van der Waals surface area contributed by atoms with Crippen molar-refractivity contribution in [1.82, 2.24) is 0 Å². The van der Waals surface area contributed by atoms with Crippen molar-refractivity contribution < 1.29 is 27.5 Å². The number of carbonyl (C=O) groups is 2. The molecule has 0 bridgehead atoms. The quantitative estimate of drug-likeness (QED) is 0.808. The summed E-state index contributed by atoms with van der Waals surface area (Å²) in [5.74, 6) is -0.830. The SMILES string of the molecule is CCC(=O)Nc1cccc(NC(=O)Cc2ccc(OC(F)(F)F)cc2)c1. The van der Waals surface area contributed by atoms with Crippen LogP contribution in [-0.4, -0.2) is 18.2 Å². The molecule has 0 aromatic heterocycles. The first-order valence-corrected chi connectivity index (χ1v) is 7.79. The van der Waals surface area contributed by atoms with Gasteiger partial charge in [0.2, 0.25) is 11.8 Å². The van der Waals surface area contributed by atoms with Crippen LogP contribution in [-0.2, 0) is 16.0 Å². The summed E-state index contributed by atoms with van der Waals surface area (Å²) in [5, 5.41) is 5.36. The molecular formula is C18H17F3N2O3. The van der Waals surface area contributed by atoms with Gasteiger partial charge in [0, 0.05) is 17.8 Å². The van der Waals surface area contributed by atoms with E-state index in [4.69, 9.17) is 0 Å². The number of anilines is 2. The molecule has 0 saturated heterocycles. The molecule has 0 aliphatic heterocycles. The standard InChI is InChI=1S/C18H17F3N2O3/c1-2-16(24)22-13-4-3-5-14(11-13)23-17(25)10-12-6-8-15(9-7-12)26-18(19,20)21/h3-9,11H,2,10H2,1H3,(H,22,24)(H,23,25). The summed E-state index contributed by atoms with van der Waals surface area (Å²) in [6.45, 7) is 1.73. The van der Waals surface area contributed by atoms with E-state index in [1.807, 2.05) is 0 Å².